The molecule has 0 radical (unpaired) electrons. The first-order valence-corrected chi connectivity index (χ1v) is 6.60. The van der Waals surface area contributed by atoms with Gasteiger partial charge in [-0.05, 0) is 30.3 Å². The van der Waals surface area contributed by atoms with Gasteiger partial charge in [0.1, 0.15) is 0 Å². The Hall–Kier alpha value is -3.09. The number of carbonyl (C=O) groups is 1. The van der Waals surface area contributed by atoms with Crippen LogP contribution in [0.4, 0.5) is 24.5 Å². The molecule has 2 aromatic carbocycles. The van der Waals surface area contributed by atoms with Gasteiger partial charge in [-0.3, -0.25) is 15.6 Å². The number of anilines is 1. The summed E-state index contributed by atoms with van der Waals surface area (Å²) in [5, 5.41) is 17.5. The number of halogens is 3. The predicted molar refractivity (Wildman–Crippen MR) is 77.1 cm³/mol. The van der Waals surface area contributed by atoms with Gasteiger partial charge in [-0.1, -0.05) is 0 Å². The quantitative estimate of drug-likeness (QED) is 0.506. The van der Waals surface area contributed by atoms with Crippen LogP contribution in [0, 0.1) is 11.3 Å². The number of nitriles is 1. The van der Waals surface area contributed by atoms with E-state index in [2.05, 4.69) is 10.9 Å². The van der Waals surface area contributed by atoms with Gasteiger partial charge in [-0.25, -0.2) is 5.21 Å². The molecular formula is C15H12F3N4O2+. The molecule has 0 heterocycles. The van der Waals surface area contributed by atoms with Crippen LogP contribution in [0.3, 0.4) is 0 Å². The first kappa shape index (κ1) is 17.3. The van der Waals surface area contributed by atoms with Crippen LogP contribution < -0.4 is 16.3 Å². The van der Waals surface area contributed by atoms with E-state index in [1.165, 1.54) is 30.3 Å². The summed E-state index contributed by atoms with van der Waals surface area (Å²) < 4.78 is 39.0. The van der Waals surface area contributed by atoms with Crippen molar-refractivity contribution < 1.29 is 28.7 Å². The molecule has 0 aliphatic rings. The summed E-state index contributed by atoms with van der Waals surface area (Å²) in [5.41, 5.74) is 4.31. The van der Waals surface area contributed by atoms with Gasteiger partial charge >= 0.3 is 6.18 Å². The predicted octanol–water partition coefficient (Wildman–Crippen LogP) is 1.92. The van der Waals surface area contributed by atoms with E-state index < -0.39 is 17.6 Å². The Balaban J connectivity index is 2.16. The first-order chi connectivity index (χ1) is 11.3. The van der Waals surface area contributed by atoms with E-state index in [0.29, 0.717) is 11.8 Å². The molecule has 124 valence electrons. The van der Waals surface area contributed by atoms with Gasteiger partial charge in [-0.2, -0.15) is 23.9 Å². The van der Waals surface area contributed by atoms with Crippen molar-refractivity contribution in [3.8, 4) is 6.07 Å². The van der Waals surface area contributed by atoms with E-state index in [4.69, 9.17) is 10.5 Å². The Bertz CT molecular complexity index is 783. The molecule has 9 heteroatoms. The first-order valence-electron chi connectivity index (χ1n) is 6.60. The summed E-state index contributed by atoms with van der Waals surface area (Å²) in [5.74, 6) is -0.656. The number of nitrogens with two attached hydrogens (primary N) is 1. The average Bonchev–Trinajstić information content (AvgIpc) is 2.58. The minimum atomic E-state index is -4.68. The zero-order valence-electron chi connectivity index (χ0n) is 12.1. The zero-order valence-corrected chi connectivity index (χ0v) is 12.1. The van der Waals surface area contributed by atoms with Gasteiger partial charge in [0, 0.05) is 17.7 Å². The highest BCUT2D eigenvalue weighted by molar-refractivity contribution is 5.95. The van der Waals surface area contributed by atoms with Crippen LogP contribution in [0.25, 0.3) is 0 Å². The Kier molecular flexibility index (Phi) is 5.03. The minimum Gasteiger partial charge on any atom is -0.298 e. The molecule has 0 atom stereocenters. The molecule has 0 saturated heterocycles. The second-order valence-electron chi connectivity index (χ2n) is 4.70. The third-order valence-electron chi connectivity index (χ3n) is 3.09. The number of hydrazine groups is 1. The molecule has 2 aromatic rings. The van der Waals surface area contributed by atoms with Crippen LogP contribution in [0.2, 0.25) is 0 Å². The maximum atomic E-state index is 13.0. The molecular weight excluding hydrogens is 325 g/mol. The number of rotatable bonds is 4. The van der Waals surface area contributed by atoms with E-state index in [1.807, 2.05) is 0 Å². The van der Waals surface area contributed by atoms with Crippen molar-refractivity contribution in [3.05, 3.63) is 59.2 Å². The van der Waals surface area contributed by atoms with Crippen LogP contribution in [0.15, 0.2) is 42.5 Å². The lowest BCUT2D eigenvalue weighted by atomic mass is 10.1. The molecule has 2 rings (SSSR count). The van der Waals surface area contributed by atoms with Crippen LogP contribution in [-0.2, 0) is 6.18 Å². The summed E-state index contributed by atoms with van der Waals surface area (Å²) in [6.07, 6.45) is -4.68. The summed E-state index contributed by atoms with van der Waals surface area (Å²) >= 11 is 0. The fourth-order valence-electron chi connectivity index (χ4n) is 1.87. The molecule has 0 aliphatic heterocycles. The summed E-state index contributed by atoms with van der Waals surface area (Å²) in [7, 11) is 0. The van der Waals surface area contributed by atoms with E-state index >= 15 is 0 Å². The number of nitrogens with zero attached hydrogens (tertiary/aromatic N) is 1. The van der Waals surface area contributed by atoms with E-state index in [9.17, 15) is 18.0 Å². The number of benzene rings is 2. The SMILES string of the molecule is N#Cc1ccc(NNC(=O)c2ccc([NH2+]O)cc2)c(C(F)(F)F)c1. The highest BCUT2D eigenvalue weighted by atomic mass is 19.4. The molecule has 5 N–H and O–H groups in total. The van der Waals surface area contributed by atoms with Crippen LogP contribution in [0.5, 0.6) is 0 Å². The van der Waals surface area contributed by atoms with Gasteiger partial charge in [-0.15, -0.1) is 0 Å². The molecule has 0 bridgehead atoms. The van der Waals surface area contributed by atoms with E-state index in [-0.39, 0.29) is 16.8 Å². The van der Waals surface area contributed by atoms with Crippen molar-refractivity contribution in [2.24, 2.45) is 0 Å². The molecule has 0 aromatic heterocycles. The van der Waals surface area contributed by atoms with Crippen molar-refractivity contribution in [1.82, 2.24) is 5.43 Å². The minimum absolute atomic E-state index is 0.143. The van der Waals surface area contributed by atoms with Crippen LogP contribution in [-0.4, -0.2) is 11.1 Å². The molecule has 0 fully saturated rings. The van der Waals surface area contributed by atoms with Gasteiger partial charge in [0.05, 0.1) is 22.9 Å². The standard InChI is InChI=1S/C15H11F3N4O2/c16-15(17,18)12-7-9(8-19)1-6-13(12)20-21-14(23)10-2-4-11(22-24)5-3-10/h1-7,20,22,24H,(H,21,23)/p+1. The number of carbonyl (C=O) groups excluding carboxylic acids is 1. The fourth-order valence-corrected chi connectivity index (χ4v) is 1.87. The highest BCUT2D eigenvalue weighted by Crippen LogP contribution is 2.35. The maximum Gasteiger partial charge on any atom is 0.418 e. The normalized spacial score (nSPS) is 10.8. The van der Waals surface area contributed by atoms with Crippen molar-refractivity contribution >= 4 is 17.3 Å². The fraction of sp³-hybridized carbons (Fsp3) is 0.0667. The molecule has 0 unspecified atom stereocenters. The number of amides is 1. The molecule has 0 saturated carbocycles. The van der Waals surface area contributed by atoms with E-state index in [1.54, 1.807) is 6.07 Å². The Morgan fingerprint density at radius 1 is 1.17 bits per heavy atom. The average molecular weight is 337 g/mol. The number of nitrogens with one attached hydrogen (secondary N) is 2. The van der Waals surface area contributed by atoms with Crippen molar-refractivity contribution in [2.45, 2.75) is 6.18 Å². The van der Waals surface area contributed by atoms with Gasteiger partial charge in [0.25, 0.3) is 5.91 Å². The van der Waals surface area contributed by atoms with Crippen molar-refractivity contribution in [3.63, 3.8) is 0 Å². The zero-order chi connectivity index (χ0) is 17.7. The number of hydrogen-bond donors (Lipinski definition) is 4. The lowest BCUT2D eigenvalue weighted by Crippen LogP contribution is -2.73. The van der Waals surface area contributed by atoms with E-state index in [0.717, 1.165) is 11.5 Å². The monoisotopic (exact) mass is 337 g/mol. The van der Waals surface area contributed by atoms with Gasteiger partial charge in [0.15, 0.2) is 5.69 Å². The largest absolute Gasteiger partial charge is 0.418 e. The highest BCUT2D eigenvalue weighted by Gasteiger charge is 2.34. The third-order valence-corrected chi connectivity index (χ3v) is 3.09. The third kappa shape index (κ3) is 4.01. The second-order valence-corrected chi connectivity index (χ2v) is 4.70. The van der Waals surface area contributed by atoms with Crippen molar-refractivity contribution in [2.75, 3.05) is 5.43 Å². The summed E-state index contributed by atoms with van der Waals surface area (Å²) in [6.45, 7) is 0. The second kappa shape index (κ2) is 6.99. The molecule has 6 nitrogen and oxygen atoms in total. The van der Waals surface area contributed by atoms with Crippen LogP contribution >= 0.6 is 0 Å². The van der Waals surface area contributed by atoms with Crippen molar-refractivity contribution in [1.29, 1.82) is 5.26 Å². The number of hydrogen-bond acceptors (Lipinski definition) is 4. The van der Waals surface area contributed by atoms with Gasteiger partial charge < -0.3 is 0 Å². The van der Waals surface area contributed by atoms with Gasteiger partial charge in [0.2, 0.25) is 0 Å². The smallest absolute Gasteiger partial charge is 0.298 e. The Morgan fingerprint density at radius 2 is 1.83 bits per heavy atom. The van der Waals surface area contributed by atoms with Crippen LogP contribution in [0.1, 0.15) is 21.5 Å². The lowest BCUT2D eigenvalue weighted by molar-refractivity contribution is -0.825. The maximum absolute atomic E-state index is 13.0. The molecule has 0 spiro atoms. The molecule has 0 aliphatic carbocycles. The topological polar surface area (TPSA) is 102 Å². The number of alkyl halides is 3. The Labute approximate surface area is 134 Å². The summed E-state index contributed by atoms with van der Waals surface area (Å²) in [4.78, 5) is 11.9. The molecule has 24 heavy (non-hydrogen) atoms. The number of quaternary nitrogens is 1. The lowest BCUT2D eigenvalue weighted by Gasteiger charge is -2.15. The molecule has 1 amide bonds. The Morgan fingerprint density at radius 3 is 2.38 bits per heavy atom. The summed E-state index contributed by atoms with van der Waals surface area (Å²) in [6, 6.07) is 10.3.